The minimum absolute atomic E-state index is 0.107. The highest BCUT2D eigenvalue weighted by molar-refractivity contribution is 5.70. The summed E-state index contributed by atoms with van der Waals surface area (Å²) < 4.78 is 5.82. The summed E-state index contributed by atoms with van der Waals surface area (Å²) in [4.78, 5) is 10.3. The van der Waals surface area contributed by atoms with E-state index in [-0.39, 0.29) is 10.6 Å². The summed E-state index contributed by atoms with van der Waals surface area (Å²) in [5.41, 5.74) is 2.11. The summed E-state index contributed by atoms with van der Waals surface area (Å²) in [5, 5.41) is 10.7. The van der Waals surface area contributed by atoms with Crippen LogP contribution in [0.1, 0.15) is 69.4 Å². The number of nitrogens with zero attached hydrogens (tertiary/aromatic N) is 1. The summed E-state index contributed by atoms with van der Waals surface area (Å²) in [6.07, 6.45) is 14.3. The molecule has 0 atom stereocenters. The number of ether oxygens (including phenoxy) is 1. The lowest BCUT2D eigenvalue weighted by atomic mass is 10.1. The van der Waals surface area contributed by atoms with Gasteiger partial charge >= 0.3 is 0 Å². The zero-order valence-electron chi connectivity index (χ0n) is 16.8. The third kappa shape index (κ3) is 8.38. The first-order valence-corrected chi connectivity index (χ1v) is 10.3. The largest absolute Gasteiger partial charge is 0.494 e. The second-order valence-electron chi connectivity index (χ2n) is 7.07. The van der Waals surface area contributed by atoms with Crippen LogP contribution in [0, 0.1) is 10.1 Å². The number of nitro benzene ring substituents is 1. The van der Waals surface area contributed by atoms with Crippen LogP contribution in [-0.4, -0.2) is 11.5 Å². The fourth-order valence-electron chi connectivity index (χ4n) is 3.00. The number of nitro groups is 1. The molecule has 0 aromatic heterocycles. The molecule has 2 rings (SSSR count). The van der Waals surface area contributed by atoms with Gasteiger partial charge in [0.15, 0.2) is 0 Å². The molecule has 2 aromatic rings. The normalized spacial score (nSPS) is 11.0. The van der Waals surface area contributed by atoms with Crippen molar-refractivity contribution >= 4 is 17.8 Å². The molecule has 2 aromatic carbocycles. The highest BCUT2D eigenvalue weighted by atomic mass is 16.6. The lowest BCUT2D eigenvalue weighted by Crippen LogP contribution is -1.97. The predicted octanol–water partition coefficient (Wildman–Crippen LogP) is 7.28. The predicted molar refractivity (Wildman–Crippen MR) is 117 cm³/mol. The second kappa shape index (κ2) is 12.7. The van der Waals surface area contributed by atoms with E-state index in [1.54, 1.807) is 12.1 Å². The topological polar surface area (TPSA) is 52.4 Å². The Balaban J connectivity index is 1.66. The van der Waals surface area contributed by atoms with Gasteiger partial charge in [0.05, 0.1) is 11.5 Å². The summed E-state index contributed by atoms with van der Waals surface area (Å²) in [6.45, 7) is 3.02. The fourth-order valence-corrected chi connectivity index (χ4v) is 3.00. The molecular formula is C24H31NO3. The van der Waals surface area contributed by atoms with Crippen LogP contribution in [0.2, 0.25) is 0 Å². The van der Waals surface area contributed by atoms with E-state index in [2.05, 4.69) is 6.92 Å². The molecule has 0 radical (unpaired) electrons. The Hall–Kier alpha value is -2.62. The number of benzene rings is 2. The molecule has 0 unspecified atom stereocenters. The molecule has 0 saturated carbocycles. The molecule has 0 aliphatic rings. The van der Waals surface area contributed by atoms with Crippen LogP contribution in [0.3, 0.4) is 0 Å². The lowest BCUT2D eigenvalue weighted by molar-refractivity contribution is -0.384. The van der Waals surface area contributed by atoms with E-state index in [0.717, 1.165) is 29.9 Å². The smallest absolute Gasteiger partial charge is 0.269 e. The highest BCUT2D eigenvalue weighted by Crippen LogP contribution is 2.17. The van der Waals surface area contributed by atoms with Gasteiger partial charge in [0, 0.05) is 12.1 Å². The molecule has 0 aliphatic carbocycles. The molecule has 0 aliphatic heterocycles. The maximum absolute atomic E-state index is 10.7. The van der Waals surface area contributed by atoms with Crippen LogP contribution in [0.15, 0.2) is 48.5 Å². The summed E-state index contributed by atoms with van der Waals surface area (Å²) in [6, 6.07) is 14.5. The first kappa shape index (κ1) is 21.7. The first-order valence-electron chi connectivity index (χ1n) is 10.3. The molecule has 0 bridgehead atoms. The van der Waals surface area contributed by atoms with Crippen LogP contribution in [0.5, 0.6) is 5.75 Å². The van der Waals surface area contributed by atoms with Gasteiger partial charge in [-0.3, -0.25) is 10.1 Å². The second-order valence-corrected chi connectivity index (χ2v) is 7.07. The van der Waals surface area contributed by atoms with Gasteiger partial charge in [0.1, 0.15) is 5.75 Å². The van der Waals surface area contributed by atoms with Gasteiger partial charge in [-0.2, -0.15) is 0 Å². The zero-order valence-corrected chi connectivity index (χ0v) is 16.8. The average Bonchev–Trinajstić information content (AvgIpc) is 2.72. The van der Waals surface area contributed by atoms with Crippen molar-refractivity contribution in [3.05, 3.63) is 69.8 Å². The minimum Gasteiger partial charge on any atom is -0.494 e. The first-order chi connectivity index (χ1) is 13.7. The number of unbranched alkanes of at least 4 members (excludes halogenated alkanes) is 7. The van der Waals surface area contributed by atoms with Crippen LogP contribution in [0.4, 0.5) is 5.69 Å². The molecule has 28 heavy (non-hydrogen) atoms. The number of non-ortho nitro benzene ring substituents is 1. The molecule has 0 saturated heterocycles. The molecule has 0 spiro atoms. The quantitative estimate of drug-likeness (QED) is 0.158. The van der Waals surface area contributed by atoms with Crippen molar-refractivity contribution in [1.82, 2.24) is 0 Å². The van der Waals surface area contributed by atoms with E-state index in [9.17, 15) is 10.1 Å². The van der Waals surface area contributed by atoms with Crippen molar-refractivity contribution < 1.29 is 9.66 Å². The van der Waals surface area contributed by atoms with Crippen molar-refractivity contribution in [2.45, 2.75) is 58.3 Å². The number of hydrogen-bond acceptors (Lipinski definition) is 3. The monoisotopic (exact) mass is 381 g/mol. The van der Waals surface area contributed by atoms with Gasteiger partial charge in [0.2, 0.25) is 0 Å². The van der Waals surface area contributed by atoms with Gasteiger partial charge in [0.25, 0.3) is 5.69 Å². The van der Waals surface area contributed by atoms with Gasteiger partial charge in [-0.15, -0.1) is 0 Å². The van der Waals surface area contributed by atoms with Crippen molar-refractivity contribution in [3.8, 4) is 5.75 Å². The SMILES string of the molecule is CCCCCCCCCCOc1ccc(C=Cc2ccc([N+](=O)[O-])cc2)cc1. The third-order valence-corrected chi connectivity index (χ3v) is 4.72. The molecule has 150 valence electrons. The third-order valence-electron chi connectivity index (χ3n) is 4.72. The number of rotatable bonds is 13. The van der Waals surface area contributed by atoms with E-state index >= 15 is 0 Å². The molecule has 0 N–H and O–H groups in total. The van der Waals surface area contributed by atoms with Gasteiger partial charge in [-0.25, -0.2) is 0 Å². The summed E-state index contributed by atoms with van der Waals surface area (Å²) >= 11 is 0. The Labute approximate surface area is 168 Å². The molecule has 0 fully saturated rings. The average molecular weight is 382 g/mol. The Morgan fingerprint density at radius 2 is 1.29 bits per heavy atom. The van der Waals surface area contributed by atoms with Crippen LogP contribution in [-0.2, 0) is 0 Å². The van der Waals surface area contributed by atoms with Gasteiger partial charge in [-0.05, 0) is 41.8 Å². The molecule has 4 nitrogen and oxygen atoms in total. The van der Waals surface area contributed by atoms with Crippen LogP contribution >= 0.6 is 0 Å². The van der Waals surface area contributed by atoms with Crippen molar-refractivity contribution in [2.24, 2.45) is 0 Å². The van der Waals surface area contributed by atoms with Crippen LogP contribution < -0.4 is 4.74 Å². The Kier molecular flexibility index (Phi) is 9.84. The standard InChI is InChI=1S/C24H31NO3/c1-2-3-4-5-6-7-8-9-20-28-24-18-14-22(15-19-24)11-10-21-12-16-23(17-13-21)25(26)27/h10-19H,2-9,20H2,1H3. The zero-order chi connectivity index (χ0) is 20.0. The molecular weight excluding hydrogens is 350 g/mol. The molecule has 4 heteroatoms. The van der Waals surface area contributed by atoms with E-state index in [1.807, 2.05) is 36.4 Å². The van der Waals surface area contributed by atoms with E-state index in [0.29, 0.717) is 0 Å². The fraction of sp³-hybridized carbons (Fsp3) is 0.417. The van der Waals surface area contributed by atoms with E-state index in [1.165, 1.54) is 57.1 Å². The van der Waals surface area contributed by atoms with Gasteiger partial charge < -0.3 is 4.74 Å². The van der Waals surface area contributed by atoms with E-state index in [4.69, 9.17) is 4.74 Å². The Morgan fingerprint density at radius 1 is 0.786 bits per heavy atom. The summed E-state index contributed by atoms with van der Waals surface area (Å²) in [7, 11) is 0. The Bertz CT molecular complexity index is 721. The Morgan fingerprint density at radius 3 is 1.82 bits per heavy atom. The van der Waals surface area contributed by atoms with Crippen LogP contribution in [0.25, 0.3) is 12.2 Å². The summed E-state index contributed by atoms with van der Waals surface area (Å²) in [5.74, 6) is 0.899. The maximum atomic E-state index is 10.7. The van der Waals surface area contributed by atoms with E-state index < -0.39 is 0 Å². The molecule has 0 amide bonds. The van der Waals surface area contributed by atoms with Gasteiger partial charge in [-0.1, -0.05) is 76.2 Å². The number of hydrogen-bond donors (Lipinski definition) is 0. The lowest BCUT2D eigenvalue weighted by Gasteiger charge is -2.06. The molecule has 0 heterocycles. The minimum atomic E-state index is -0.389. The maximum Gasteiger partial charge on any atom is 0.269 e. The van der Waals surface area contributed by atoms with Crippen molar-refractivity contribution in [2.75, 3.05) is 6.61 Å². The highest BCUT2D eigenvalue weighted by Gasteiger charge is 2.02. The van der Waals surface area contributed by atoms with Crippen molar-refractivity contribution in [3.63, 3.8) is 0 Å². The van der Waals surface area contributed by atoms with Crippen molar-refractivity contribution in [1.29, 1.82) is 0 Å².